The van der Waals surface area contributed by atoms with Crippen molar-refractivity contribution in [2.24, 2.45) is 7.05 Å². The van der Waals surface area contributed by atoms with Gasteiger partial charge in [-0.15, -0.1) is 0 Å². The van der Waals surface area contributed by atoms with Gasteiger partial charge in [-0.1, -0.05) is 0 Å². The zero-order valence-corrected chi connectivity index (χ0v) is 10.9. The molecule has 0 saturated carbocycles. The second-order valence-electron chi connectivity index (χ2n) is 4.19. The second-order valence-corrected chi connectivity index (χ2v) is 4.19. The number of rotatable bonds is 4. The van der Waals surface area contributed by atoms with E-state index in [2.05, 4.69) is 36.3 Å². The highest BCUT2D eigenvalue weighted by atomic mass is 15.3. The quantitative estimate of drug-likeness (QED) is 0.877. The molecule has 2 aromatic heterocycles. The number of nitrogens with zero attached hydrogens (tertiary/aromatic N) is 4. The standard InChI is InChI=1S/C12H19N5/c1-5-17-10(3)11(9(2)14-17)8-13-12-6-7-16(4)15-12/h6-7H,5,8H2,1-4H3,(H,13,15). The van der Waals surface area contributed by atoms with Gasteiger partial charge in [0.05, 0.1) is 5.69 Å². The Labute approximate surface area is 101 Å². The van der Waals surface area contributed by atoms with Crippen LogP contribution < -0.4 is 5.32 Å². The molecule has 2 heterocycles. The summed E-state index contributed by atoms with van der Waals surface area (Å²) in [6.45, 7) is 7.95. The molecule has 0 saturated heterocycles. The minimum Gasteiger partial charge on any atom is -0.364 e. The smallest absolute Gasteiger partial charge is 0.148 e. The first kappa shape index (κ1) is 11.7. The lowest BCUT2D eigenvalue weighted by Crippen LogP contribution is -2.04. The van der Waals surface area contributed by atoms with Crippen molar-refractivity contribution in [3.05, 3.63) is 29.2 Å². The Kier molecular flexibility index (Phi) is 3.17. The zero-order valence-electron chi connectivity index (χ0n) is 10.9. The Hall–Kier alpha value is -1.78. The molecule has 0 atom stereocenters. The van der Waals surface area contributed by atoms with E-state index in [1.54, 1.807) is 4.68 Å². The van der Waals surface area contributed by atoms with Gasteiger partial charge in [0.15, 0.2) is 0 Å². The molecule has 0 aliphatic carbocycles. The van der Waals surface area contributed by atoms with Crippen LogP contribution in [0.1, 0.15) is 23.9 Å². The molecule has 92 valence electrons. The summed E-state index contributed by atoms with van der Waals surface area (Å²) in [7, 11) is 1.91. The highest BCUT2D eigenvalue weighted by Gasteiger charge is 2.10. The van der Waals surface area contributed by atoms with Crippen LogP contribution in [0.5, 0.6) is 0 Å². The summed E-state index contributed by atoms with van der Waals surface area (Å²) in [6, 6.07) is 1.97. The van der Waals surface area contributed by atoms with Crippen molar-refractivity contribution in [2.45, 2.75) is 33.9 Å². The van der Waals surface area contributed by atoms with Crippen molar-refractivity contribution in [2.75, 3.05) is 5.32 Å². The predicted octanol–water partition coefficient (Wildman–Crippen LogP) is 1.87. The van der Waals surface area contributed by atoms with E-state index in [4.69, 9.17) is 0 Å². The lowest BCUT2D eigenvalue weighted by Gasteiger charge is -2.04. The molecule has 0 radical (unpaired) electrons. The van der Waals surface area contributed by atoms with Crippen LogP contribution in [0.4, 0.5) is 5.82 Å². The molecule has 0 spiro atoms. The molecule has 0 amide bonds. The van der Waals surface area contributed by atoms with Crippen LogP contribution in [0.25, 0.3) is 0 Å². The fourth-order valence-electron chi connectivity index (χ4n) is 1.99. The third kappa shape index (κ3) is 2.33. The predicted molar refractivity (Wildman–Crippen MR) is 67.9 cm³/mol. The minimum atomic E-state index is 0.773. The van der Waals surface area contributed by atoms with Gasteiger partial charge < -0.3 is 5.32 Å². The van der Waals surface area contributed by atoms with E-state index < -0.39 is 0 Å². The number of nitrogens with one attached hydrogen (secondary N) is 1. The molecule has 0 aliphatic rings. The topological polar surface area (TPSA) is 47.7 Å². The summed E-state index contributed by atoms with van der Waals surface area (Å²) in [5, 5.41) is 12.1. The van der Waals surface area contributed by atoms with Gasteiger partial charge in [-0.05, 0) is 20.8 Å². The number of hydrogen-bond donors (Lipinski definition) is 1. The molecule has 0 aromatic carbocycles. The number of aryl methyl sites for hydroxylation is 3. The number of hydrogen-bond acceptors (Lipinski definition) is 3. The monoisotopic (exact) mass is 233 g/mol. The molecule has 2 aromatic rings. The third-order valence-electron chi connectivity index (χ3n) is 2.99. The van der Waals surface area contributed by atoms with Crippen molar-refractivity contribution in [3.63, 3.8) is 0 Å². The fraction of sp³-hybridized carbons (Fsp3) is 0.500. The van der Waals surface area contributed by atoms with Crippen molar-refractivity contribution < 1.29 is 0 Å². The molecule has 0 aliphatic heterocycles. The van der Waals surface area contributed by atoms with Crippen LogP contribution in [0, 0.1) is 13.8 Å². The van der Waals surface area contributed by atoms with E-state index in [-0.39, 0.29) is 0 Å². The molecule has 1 N–H and O–H groups in total. The largest absolute Gasteiger partial charge is 0.364 e. The molecule has 2 rings (SSSR count). The lowest BCUT2D eigenvalue weighted by atomic mass is 10.2. The van der Waals surface area contributed by atoms with Crippen LogP contribution in [0.15, 0.2) is 12.3 Å². The third-order valence-corrected chi connectivity index (χ3v) is 2.99. The molecule has 5 nitrogen and oxygen atoms in total. The molecule has 0 bridgehead atoms. The van der Waals surface area contributed by atoms with Gasteiger partial charge in [0.1, 0.15) is 5.82 Å². The lowest BCUT2D eigenvalue weighted by molar-refractivity contribution is 0.633. The first-order chi connectivity index (χ1) is 8.11. The Morgan fingerprint density at radius 3 is 2.59 bits per heavy atom. The fourth-order valence-corrected chi connectivity index (χ4v) is 1.99. The van der Waals surface area contributed by atoms with Crippen LogP contribution >= 0.6 is 0 Å². The Bertz CT molecular complexity index is 509. The van der Waals surface area contributed by atoms with E-state index in [1.165, 1.54) is 11.3 Å². The SMILES string of the molecule is CCn1nc(C)c(CNc2ccn(C)n2)c1C. The van der Waals surface area contributed by atoms with Gasteiger partial charge in [-0.2, -0.15) is 10.2 Å². The van der Waals surface area contributed by atoms with E-state index in [0.717, 1.165) is 24.6 Å². The van der Waals surface area contributed by atoms with Crippen LogP contribution in [-0.2, 0) is 20.1 Å². The highest BCUT2D eigenvalue weighted by molar-refractivity contribution is 5.36. The zero-order chi connectivity index (χ0) is 12.4. The molecule has 17 heavy (non-hydrogen) atoms. The highest BCUT2D eigenvalue weighted by Crippen LogP contribution is 2.14. The normalized spacial score (nSPS) is 10.8. The first-order valence-corrected chi connectivity index (χ1v) is 5.88. The number of anilines is 1. The van der Waals surface area contributed by atoms with Crippen molar-refractivity contribution in [1.29, 1.82) is 0 Å². The summed E-state index contributed by atoms with van der Waals surface area (Å²) in [6.07, 6.45) is 1.93. The van der Waals surface area contributed by atoms with Gasteiger partial charge in [-0.3, -0.25) is 9.36 Å². The maximum Gasteiger partial charge on any atom is 0.148 e. The van der Waals surface area contributed by atoms with Gasteiger partial charge in [0.25, 0.3) is 0 Å². The van der Waals surface area contributed by atoms with Gasteiger partial charge >= 0.3 is 0 Å². The van der Waals surface area contributed by atoms with Crippen LogP contribution in [0.2, 0.25) is 0 Å². The second kappa shape index (κ2) is 4.61. The maximum atomic E-state index is 4.50. The van der Waals surface area contributed by atoms with Crippen LogP contribution in [0.3, 0.4) is 0 Å². The Morgan fingerprint density at radius 2 is 2.06 bits per heavy atom. The summed E-state index contributed by atoms with van der Waals surface area (Å²) >= 11 is 0. The summed E-state index contributed by atoms with van der Waals surface area (Å²) in [5.74, 6) is 0.899. The van der Waals surface area contributed by atoms with Crippen molar-refractivity contribution in [3.8, 4) is 0 Å². The molecule has 5 heteroatoms. The van der Waals surface area contributed by atoms with Crippen molar-refractivity contribution >= 4 is 5.82 Å². The summed E-state index contributed by atoms with van der Waals surface area (Å²) < 4.78 is 3.82. The van der Waals surface area contributed by atoms with E-state index in [1.807, 2.05) is 24.0 Å². The molecular formula is C12H19N5. The molecule has 0 unspecified atom stereocenters. The average molecular weight is 233 g/mol. The van der Waals surface area contributed by atoms with Crippen LogP contribution in [-0.4, -0.2) is 19.6 Å². The average Bonchev–Trinajstić information content (AvgIpc) is 2.82. The number of aromatic nitrogens is 4. The van der Waals surface area contributed by atoms with Gasteiger partial charge in [0, 0.05) is 43.7 Å². The van der Waals surface area contributed by atoms with E-state index >= 15 is 0 Å². The Morgan fingerprint density at radius 1 is 1.29 bits per heavy atom. The Balaban J connectivity index is 2.11. The van der Waals surface area contributed by atoms with Gasteiger partial charge in [0.2, 0.25) is 0 Å². The van der Waals surface area contributed by atoms with E-state index in [9.17, 15) is 0 Å². The minimum absolute atomic E-state index is 0.773. The van der Waals surface area contributed by atoms with Gasteiger partial charge in [-0.25, -0.2) is 0 Å². The summed E-state index contributed by atoms with van der Waals surface area (Å²) in [5.41, 5.74) is 3.58. The molecule has 0 fully saturated rings. The first-order valence-electron chi connectivity index (χ1n) is 5.88. The summed E-state index contributed by atoms with van der Waals surface area (Å²) in [4.78, 5) is 0. The maximum absolute atomic E-state index is 4.50. The van der Waals surface area contributed by atoms with Crippen molar-refractivity contribution in [1.82, 2.24) is 19.6 Å². The van der Waals surface area contributed by atoms with E-state index in [0.29, 0.717) is 0 Å². The molecular weight excluding hydrogens is 214 g/mol.